The van der Waals surface area contributed by atoms with E-state index >= 15 is 0 Å². The van der Waals surface area contributed by atoms with Crippen LogP contribution in [0.2, 0.25) is 0 Å². The van der Waals surface area contributed by atoms with Crippen LogP contribution in [0.3, 0.4) is 0 Å². The number of aromatic nitrogens is 1. The van der Waals surface area contributed by atoms with Crippen molar-refractivity contribution < 1.29 is 22.1 Å². The summed E-state index contributed by atoms with van der Waals surface area (Å²) in [6, 6.07) is 18.1. The molecule has 3 rings (SSSR count). The predicted octanol–water partition coefficient (Wildman–Crippen LogP) is 3.61. The standard InChI is InChI=1S/C20H17NO5S/c1-14-8-10-17(11-9-14)27(23,24)26-19-13-16(20(22)25-2)12-18(21-19)15-6-4-3-5-7-15/h3-13H,1-2H3. The zero-order valence-corrected chi connectivity index (χ0v) is 15.6. The molecule has 3 aromatic rings. The van der Waals surface area contributed by atoms with Gasteiger partial charge in [0.1, 0.15) is 4.90 Å². The highest BCUT2D eigenvalue weighted by molar-refractivity contribution is 7.87. The molecule has 27 heavy (non-hydrogen) atoms. The van der Waals surface area contributed by atoms with Crippen molar-refractivity contribution in [3.8, 4) is 17.1 Å². The number of pyridine rings is 1. The lowest BCUT2D eigenvalue weighted by Gasteiger charge is -2.10. The number of methoxy groups -OCH3 is 1. The van der Waals surface area contributed by atoms with Crippen LogP contribution < -0.4 is 4.18 Å². The van der Waals surface area contributed by atoms with Crippen molar-refractivity contribution in [2.24, 2.45) is 0 Å². The lowest BCUT2D eigenvalue weighted by Crippen LogP contribution is -2.12. The van der Waals surface area contributed by atoms with Crippen LogP contribution in [0.1, 0.15) is 15.9 Å². The third-order valence-corrected chi connectivity index (χ3v) is 5.04. The fraction of sp³-hybridized carbons (Fsp3) is 0.100. The molecule has 0 saturated carbocycles. The minimum absolute atomic E-state index is 0.000341. The maximum absolute atomic E-state index is 12.5. The summed E-state index contributed by atoms with van der Waals surface area (Å²) >= 11 is 0. The number of carbonyl (C=O) groups excluding carboxylic acids is 1. The van der Waals surface area contributed by atoms with Crippen molar-refractivity contribution in [3.05, 3.63) is 77.9 Å². The Bertz CT molecular complexity index is 1060. The lowest BCUT2D eigenvalue weighted by molar-refractivity contribution is 0.0600. The fourth-order valence-corrected chi connectivity index (χ4v) is 3.28. The number of esters is 1. The molecule has 0 fully saturated rings. The Hall–Kier alpha value is -3.19. The van der Waals surface area contributed by atoms with E-state index in [0.717, 1.165) is 5.56 Å². The van der Waals surface area contributed by atoms with Crippen molar-refractivity contribution in [1.29, 1.82) is 0 Å². The number of hydrogen-bond acceptors (Lipinski definition) is 6. The van der Waals surface area contributed by atoms with E-state index in [2.05, 4.69) is 4.98 Å². The Morgan fingerprint density at radius 1 is 0.963 bits per heavy atom. The molecule has 1 aromatic heterocycles. The van der Waals surface area contributed by atoms with E-state index in [1.54, 1.807) is 24.3 Å². The Labute approximate surface area is 157 Å². The molecule has 0 amide bonds. The van der Waals surface area contributed by atoms with Gasteiger partial charge in [-0.05, 0) is 25.1 Å². The smallest absolute Gasteiger partial charge is 0.340 e. The van der Waals surface area contributed by atoms with Crippen molar-refractivity contribution in [2.45, 2.75) is 11.8 Å². The largest absolute Gasteiger partial charge is 0.465 e. The molecule has 138 valence electrons. The number of benzene rings is 2. The van der Waals surface area contributed by atoms with Crippen LogP contribution in [-0.2, 0) is 14.9 Å². The van der Waals surface area contributed by atoms with E-state index < -0.39 is 16.1 Å². The molecule has 0 N–H and O–H groups in total. The number of nitrogens with zero attached hydrogens (tertiary/aromatic N) is 1. The second kappa shape index (κ2) is 7.59. The van der Waals surface area contributed by atoms with E-state index in [4.69, 9.17) is 8.92 Å². The van der Waals surface area contributed by atoms with E-state index in [1.807, 2.05) is 25.1 Å². The second-order valence-corrected chi connectivity index (χ2v) is 7.33. The molecule has 0 atom stereocenters. The monoisotopic (exact) mass is 383 g/mol. The highest BCUT2D eigenvalue weighted by Crippen LogP contribution is 2.25. The fourth-order valence-electron chi connectivity index (χ4n) is 2.41. The number of rotatable bonds is 5. The first kappa shape index (κ1) is 18.6. The van der Waals surface area contributed by atoms with Crippen molar-refractivity contribution in [1.82, 2.24) is 4.98 Å². The SMILES string of the molecule is COC(=O)c1cc(OS(=O)(=O)c2ccc(C)cc2)nc(-c2ccccc2)c1. The van der Waals surface area contributed by atoms with E-state index in [-0.39, 0.29) is 16.3 Å². The quantitative estimate of drug-likeness (QED) is 0.494. The summed E-state index contributed by atoms with van der Waals surface area (Å²) in [6.45, 7) is 1.85. The highest BCUT2D eigenvalue weighted by Gasteiger charge is 2.20. The Morgan fingerprint density at radius 2 is 1.63 bits per heavy atom. The van der Waals surface area contributed by atoms with Crippen LogP contribution in [0, 0.1) is 6.92 Å². The number of aryl methyl sites for hydroxylation is 1. The number of hydrogen-bond donors (Lipinski definition) is 0. The van der Waals surface area contributed by atoms with Crippen molar-refractivity contribution in [3.63, 3.8) is 0 Å². The van der Waals surface area contributed by atoms with Crippen LogP contribution in [-0.4, -0.2) is 26.5 Å². The topological polar surface area (TPSA) is 82.6 Å². The van der Waals surface area contributed by atoms with E-state index in [1.165, 1.54) is 31.4 Å². The molecular weight excluding hydrogens is 366 g/mol. The second-order valence-electron chi connectivity index (χ2n) is 5.79. The summed E-state index contributed by atoms with van der Waals surface area (Å²) < 4.78 is 35.0. The molecule has 7 heteroatoms. The van der Waals surface area contributed by atoms with Gasteiger partial charge >= 0.3 is 16.1 Å². The number of ether oxygens (including phenoxy) is 1. The Morgan fingerprint density at radius 3 is 2.26 bits per heavy atom. The van der Waals surface area contributed by atoms with Gasteiger partial charge < -0.3 is 8.92 Å². The molecule has 0 saturated heterocycles. The summed E-state index contributed by atoms with van der Waals surface area (Å²) in [5.74, 6) is -0.829. The first-order chi connectivity index (χ1) is 12.9. The third-order valence-electron chi connectivity index (χ3n) is 3.80. The molecule has 1 heterocycles. The van der Waals surface area contributed by atoms with Gasteiger partial charge in [-0.3, -0.25) is 0 Å². The van der Waals surface area contributed by atoms with Gasteiger partial charge in [0.05, 0.1) is 18.4 Å². The summed E-state index contributed by atoms with van der Waals surface area (Å²) in [6.07, 6.45) is 0. The Kier molecular flexibility index (Phi) is 5.23. The maximum atomic E-state index is 12.5. The number of carbonyl (C=O) groups is 1. The minimum Gasteiger partial charge on any atom is -0.465 e. The molecule has 6 nitrogen and oxygen atoms in total. The summed E-state index contributed by atoms with van der Waals surface area (Å²) in [5, 5.41) is 0. The molecule has 0 spiro atoms. The molecule has 0 bridgehead atoms. The van der Waals surface area contributed by atoms with Gasteiger partial charge in [-0.15, -0.1) is 0 Å². The molecule has 0 radical (unpaired) electrons. The maximum Gasteiger partial charge on any atom is 0.340 e. The molecular formula is C20H17NO5S. The molecule has 0 unspecified atom stereocenters. The molecule has 2 aromatic carbocycles. The van der Waals surface area contributed by atoms with E-state index in [0.29, 0.717) is 11.3 Å². The lowest BCUT2D eigenvalue weighted by atomic mass is 10.1. The first-order valence-electron chi connectivity index (χ1n) is 8.06. The first-order valence-corrected chi connectivity index (χ1v) is 9.47. The average Bonchev–Trinajstić information content (AvgIpc) is 2.67. The van der Waals surface area contributed by atoms with E-state index in [9.17, 15) is 13.2 Å². The highest BCUT2D eigenvalue weighted by atomic mass is 32.2. The van der Waals surface area contributed by atoms with Gasteiger partial charge in [-0.25, -0.2) is 9.78 Å². The summed E-state index contributed by atoms with van der Waals surface area (Å²) in [4.78, 5) is 16.2. The van der Waals surface area contributed by atoms with Crippen LogP contribution in [0.25, 0.3) is 11.3 Å². The summed E-state index contributed by atoms with van der Waals surface area (Å²) in [5.41, 5.74) is 2.17. The van der Waals surface area contributed by atoms with Gasteiger partial charge in [0.2, 0.25) is 5.88 Å². The summed E-state index contributed by atoms with van der Waals surface area (Å²) in [7, 11) is -2.85. The van der Waals surface area contributed by atoms with Gasteiger partial charge in [0, 0.05) is 11.6 Å². The Balaban J connectivity index is 2.04. The van der Waals surface area contributed by atoms with Gasteiger partial charge in [-0.1, -0.05) is 48.0 Å². The van der Waals surface area contributed by atoms with Crippen LogP contribution >= 0.6 is 0 Å². The van der Waals surface area contributed by atoms with Gasteiger partial charge in [0.15, 0.2) is 0 Å². The zero-order valence-electron chi connectivity index (χ0n) is 14.7. The predicted molar refractivity (Wildman–Crippen MR) is 100 cm³/mol. The van der Waals surface area contributed by atoms with Gasteiger partial charge in [-0.2, -0.15) is 8.42 Å². The normalized spacial score (nSPS) is 11.0. The van der Waals surface area contributed by atoms with Gasteiger partial charge in [0.25, 0.3) is 0 Å². The zero-order chi connectivity index (χ0) is 19.4. The third kappa shape index (κ3) is 4.32. The van der Waals surface area contributed by atoms with Crippen molar-refractivity contribution in [2.75, 3.05) is 7.11 Å². The van der Waals surface area contributed by atoms with Crippen LogP contribution in [0.15, 0.2) is 71.6 Å². The average molecular weight is 383 g/mol. The minimum atomic E-state index is -4.09. The van der Waals surface area contributed by atoms with Crippen LogP contribution in [0.5, 0.6) is 5.88 Å². The van der Waals surface area contributed by atoms with Crippen LogP contribution in [0.4, 0.5) is 0 Å². The molecule has 0 aliphatic heterocycles. The van der Waals surface area contributed by atoms with Crippen molar-refractivity contribution >= 4 is 16.1 Å². The molecule has 0 aliphatic rings. The molecule has 0 aliphatic carbocycles.